The molecule has 1 saturated heterocycles. The van der Waals surface area contributed by atoms with Gasteiger partial charge in [-0.25, -0.2) is 9.37 Å². The lowest BCUT2D eigenvalue weighted by Gasteiger charge is -2.51. The maximum Gasteiger partial charge on any atom is 0.187 e. The summed E-state index contributed by atoms with van der Waals surface area (Å²) < 4.78 is 13.2. The number of anilines is 1. The minimum Gasteiger partial charge on any atom is -0.394 e. The first kappa shape index (κ1) is 20.4. The molecule has 0 radical (unpaired) electrons. The SMILES string of the molecule is N#C[C@H]1[C@H](c2ccc(-c3ccc(F)cc3)cc2)[C@H](CO)N1c1nc(-c2ccccc2)cs1. The van der Waals surface area contributed by atoms with Crippen LogP contribution in [-0.2, 0) is 0 Å². The van der Waals surface area contributed by atoms with Crippen LogP contribution < -0.4 is 4.90 Å². The fourth-order valence-electron chi connectivity index (χ4n) is 4.34. The third kappa shape index (κ3) is 3.56. The molecule has 0 amide bonds. The first-order valence-corrected chi connectivity index (χ1v) is 11.2. The van der Waals surface area contributed by atoms with Crippen LogP contribution in [0.2, 0.25) is 0 Å². The number of hydrogen-bond donors (Lipinski definition) is 1. The molecule has 32 heavy (non-hydrogen) atoms. The minimum absolute atomic E-state index is 0.0667. The molecule has 4 aromatic rings. The monoisotopic (exact) mass is 441 g/mol. The average molecular weight is 442 g/mol. The fourth-order valence-corrected chi connectivity index (χ4v) is 5.26. The summed E-state index contributed by atoms with van der Waals surface area (Å²) in [4.78, 5) is 6.67. The summed E-state index contributed by atoms with van der Waals surface area (Å²) in [5.74, 6) is -0.378. The Morgan fingerprint density at radius 3 is 2.22 bits per heavy atom. The van der Waals surface area contributed by atoms with Gasteiger partial charge in [-0.2, -0.15) is 5.26 Å². The van der Waals surface area contributed by atoms with Gasteiger partial charge in [0.15, 0.2) is 5.13 Å². The molecule has 1 fully saturated rings. The Balaban J connectivity index is 1.40. The summed E-state index contributed by atoms with van der Waals surface area (Å²) in [7, 11) is 0. The number of hydrogen-bond acceptors (Lipinski definition) is 5. The van der Waals surface area contributed by atoms with Gasteiger partial charge in [0.25, 0.3) is 0 Å². The van der Waals surface area contributed by atoms with E-state index in [4.69, 9.17) is 4.98 Å². The van der Waals surface area contributed by atoms with E-state index >= 15 is 0 Å². The number of aromatic nitrogens is 1. The van der Waals surface area contributed by atoms with Gasteiger partial charge < -0.3 is 10.0 Å². The van der Waals surface area contributed by atoms with Gasteiger partial charge in [0.2, 0.25) is 0 Å². The van der Waals surface area contributed by atoms with Gasteiger partial charge in [0, 0.05) is 16.9 Å². The molecular weight excluding hydrogens is 421 g/mol. The average Bonchev–Trinajstić information content (AvgIpc) is 3.30. The first-order valence-electron chi connectivity index (χ1n) is 10.4. The Labute approximate surface area is 189 Å². The van der Waals surface area contributed by atoms with Crippen LogP contribution in [0.5, 0.6) is 0 Å². The molecule has 0 spiro atoms. The lowest BCUT2D eigenvalue weighted by atomic mass is 9.76. The van der Waals surface area contributed by atoms with Crippen molar-refractivity contribution in [1.82, 2.24) is 4.98 Å². The van der Waals surface area contributed by atoms with E-state index in [1.807, 2.05) is 64.9 Å². The highest BCUT2D eigenvalue weighted by atomic mass is 32.1. The second-order valence-corrected chi connectivity index (χ2v) is 8.60. The molecule has 1 aliphatic heterocycles. The van der Waals surface area contributed by atoms with Crippen LogP contribution in [-0.4, -0.2) is 28.8 Å². The zero-order chi connectivity index (χ0) is 22.1. The molecule has 5 rings (SSSR count). The van der Waals surface area contributed by atoms with Crippen molar-refractivity contribution in [2.24, 2.45) is 0 Å². The van der Waals surface area contributed by atoms with Crippen LogP contribution >= 0.6 is 11.3 Å². The zero-order valence-electron chi connectivity index (χ0n) is 17.1. The second-order valence-electron chi connectivity index (χ2n) is 7.77. The van der Waals surface area contributed by atoms with E-state index < -0.39 is 6.04 Å². The predicted octanol–water partition coefficient (Wildman–Crippen LogP) is 5.47. The molecule has 3 aromatic carbocycles. The number of rotatable bonds is 5. The van der Waals surface area contributed by atoms with Crippen LogP contribution in [0.4, 0.5) is 9.52 Å². The normalized spacial score (nSPS) is 19.9. The van der Waals surface area contributed by atoms with E-state index in [9.17, 15) is 14.8 Å². The Morgan fingerprint density at radius 2 is 1.59 bits per heavy atom. The topological polar surface area (TPSA) is 60.1 Å². The van der Waals surface area contributed by atoms with Gasteiger partial charge in [-0.15, -0.1) is 11.3 Å². The molecule has 4 nitrogen and oxygen atoms in total. The number of benzene rings is 3. The van der Waals surface area contributed by atoms with Gasteiger partial charge >= 0.3 is 0 Å². The van der Waals surface area contributed by atoms with Gasteiger partial charge in [0.1, 0.15) is 11.9 Å². The number of thiazole rings is 1. The van der Waals surface area contributed by atoms with E-state index in [1.54, 1.807) is 12.1 Å². The van der Waals surface area contributed by atoms with Crippen molar-refractivity contribution >= 4 is 16.5 Å². The highest BCUT2D eigenvalue weighted by Gasteiger charge is 2.50. The third-order valence-corrected chi connectivity index (χ3v) is 6.84. The number of aliphatic hydroxyl groups is 1. The summed E-state index contributed by atoms with van der Waals surface area (Å²) in [6.07, 6.45) is 0. The lowest BCUT2D eigenvalue weighted by molar-refractivity contribution is 0.187. The maximum atomic E-state index is 13.2. The molecular formula is C26H20FN3OS. The van der Waals surface area contributed by atoms with Crippen molar-refractivity contribution in [2.75, 3.05) is 11.5 Å². The smallest absolute Gasteiger partial charge is 0.187 e. The molecule has 6 heteroatoms. The van der Waals surface area contributed by atoms with Gasteiger partial charge in [-0.3, -0.25) is 0 Å². The first-order chi connectivity index (χ1) is 15.7. The third-order valence-electron chi connectivity index (χ3n) is 5.99. The van der Waals surface area contributed by atoms with Gasteiger partial charge in [0.05, 0.1) is 24.4 Å². The van der Waals surface area contributed by atoms with Crippen LogP contribution in [0.3, 0.4) is 0 Å². The molecule has 1 N–H and O–H groups in total. The van der Waals surface area contributed by atoms with Crippen molar-refractivity contribution in [2.45, 2.75) is 18.0 Å². The summed E-state index contributed by atoms with van der Waals surface area (Å²) >= 11 is 1.49. The summed E-state index contributed by atoms with van der Waals surface area (Å²) in [6, 6.07) is 26.0. The molecule has 1 aliphatic rings. The number of nitriles is 1. The van der Waals surface area contributed by atoms with Gasteiger partial charge in [-0.05, 0) is 28.8 Å². The standard InChI is InChI=1S/C26H20FN3OS/c27-21-12-10-18(11-13-21)17-6-8-20(9-7-17)25-23(14-28)30(24(25)15-31)26-29-22(16-32-26)19-4-2-1-3-5-19/h1-13,16,23-25,31H,15H2/t23-,24-,25-/m0/s1. The van der Waals surface area contributed by atoms with Gasteiger partial charge in [-0.1, -0.05) is 66.7 Å². The van der Waals surface area contributed by atoms with Crippen molar-refractivity contribution in [1.29, 1.82) is 5.26 Å². The number of aliphatic hydroxyl groups excluding tert-OH is 1. The predicted molar refractivity (Wildman–Crippen MR) is 125 cm³/mol. The molecule has 0 aliphatic carbocycles. The van der Waals surface area contributed by atoms with E-state index in [1.165, 1.54) is 23.5 Å². The molecule has 158 valence electrons. The van der Waals surface area contributed by atoms with Crippen molar-refractivity contribution in [3.05, 3.63) is 95.6 Å². The van der Waals surface area contributed by atoms with Crippen molar-refractivity contribution in [3.8, 4) is 28.5 Å². The zero-order valence-corrected chi connectivity index (χ0v) is 17.9. The Kier molecular flexibility index (Phi) is 5.44. The fraction of sp³-hybridized carbons (Fsp3) is 0.154. The quantitative estimate of drug-likeness (QED) is 0.446. The Hall–Kier alpha value is -3.53. The molecule has 2 heterocycles. The van der Waals surface area contributed by atoms with Crippen LogP contribution in [0, 0.1) is 17.1 Å². The Bertz CT molecular complexity index is 1250. The Morgan fingerprint density at radius 1 is 0.938 bits per heavy atom. The van der Waals surface area contributed by atoms with Crippen LogP contribution in [0.1, 0.15) is 11.5 Å². The van der Waals surface area contributed by atoms with E-state index in [-0.39, 0.29) is 24.4 Å². The highest BCUT2D eigenvalue weighted by molar-refractivity contribution is 7.14. The summed E-state index contributed by atoms with van der Waals surface area (Å²) in [6.45, 7) is -0.0667. The van der Waals surface area contributed by atoms with Crippen molar-refractivity contribution < 1.29 is 9.50 Å². The van der Waals surface area contributed by atoms with Crippen LogP contribution in [0.25, 0.3) is 22.4 Å². The molecule has 1 aromatic heterocycles. The largest absolute Gasteiger partial charge is 0.394 e. The molecule has 3 atom stereocenters. The van der Waals surface area contributed by atoms with E-state index in [0.717, 1.165) is 33.1 Å². The highest BCUT2D eigenvalue weighted by Crippen LogP contribution is 2.45. The van der Waals surface area contributed by atoms with E-state index in [0.29, 0.717) is 0 Å². The summed E-state index contributed by atoms with van der Waals surface area (Å²) in [5.41, 5.74) is 4.80. The van der Waals surface area contributed by atoms with Crippen LogP contribution in [0.15, 0.2) is 84.2 Å². The van der Waals surface area contributed by atoms with E-state index in [2.05, 4.69) is 6.07 Å². The lowest BCUT2D eigenvalue weighted by Crippen LogP contribution is -2.63. The summed E-state index contributed by atoms with van der Waals surface area (Å²) in [5, 5.41) is 22.8. The maximum absolute atomic E-state index is 13.2. The minimum atomic E-state index is -0.404. The molecule has 0 saturated carbocycles. The molecule has 0 bridgehead atoms. The number of halogens is 1. The second kappa shape index (κ2) is 8.54. The molecule has 0 unspecified atom stereocenters. The number of nitrogens with zero attached hydrogens (tertiary/aromatic N) is 3. The van der Waals surface area contributed by atoms with Crippen molar-refractivity contribution in [3.63, 3.8) is 0 Å².